The number of nitro groups is 2. The Kier molecular flexibility index (Phi) is 5.64. The van der Waals surface area contributed by atoms with Gasteiger partial charge in [-0.2, -0.15) is 11.8 Å². The Hall–Kier alpha value is -3.66. The van der Waals surface area contributed by atoms with Crippen molar-refractivity contribution in [2.45, 2.75) is 0 Å². The molecule has 148 valence electrons. The van der Waals surface area contributed by atoms with E-state index < -0.39 is 32.7 Å². The lowest BCUT2D eigenvalue weighted by atomic mass is 10.00. The topological polar surface area (TPSA) is 144 Å². The summed E-state index contributed by atoms with van der Waals surface area (Å²) >= 11 is 1.48. The van der Waals surface area contributed by atoms with Gasteiger partial charge in [0.15, 0.2) is 17.3 Å². The van der Waals surface area contributed by atoms with E-state index in [0.717, 1.165) is 0 Å². The average molecular weight is 414 g/mol. The van der Waals surface area contributed by atoms with Crippen molar-refractivity contribution >= 4 is 41.1 Å². The zero-order chi connectivity index (χ0) is 21.1. The molecule has 0 amide bonds. The van der Waals surface area contributed by atoms with E-state index in [-0.39, 0.29) is 5.78 Å². The van der Waals surface area contributed by atoms with E-state index in [1.54, 1.807) is 12.2 Å². The van der Waals surface area contributed by atoms with Crippen molar-refractivity contribution in [3.63, 3.8) is 0 Å². The van der Waals surface area contributed by atoms with Gasteiger partial charge in [0.05, 0.1) is 9.85 Å². The predicted molar refractivity (Wildman–Crippen MR) is 108 cm³/mol. The first-order valence-corrected chi connectivity index (χ1v) is 9.40. The normalized spacial score (nSPS) is 16.9. The number of rotatable bonds is 4. The lowest BCUT2D eigenvalue weighted by molar-refractivity contribution is -0.386. The fraction of sp³-hybridized carbons (Fsp3) is 0.105. The summed E-state index contributed by atoms with van der Waals surface area (Å²) in [6.45, 7) is 0. The van der Waals surface area contributed by atoms with E-state index in [2.05, 4.69) is 0 Å². The molecule has 1 aliphatic rings. The van der Waals surface area contributed by atoms with Gasteiger partial charge in [-0.3, -0.25) is 25.0 Å². The summed E-state index contributed by atoms with van der Waals surface area (Å²) in [5.74, 6) is -0.354. The number of thioether (sulfide) groups is 1. The van der Waals surface area contributed by atoms with E-state index >= 15 is 0 Å². The quantitative estimate of drug-likeness (QED) is 0.438. The summed E-state index contributed by atoms with van der Waals surface area (Å²) in [5.41, 5.74) is 0.960. The first kappa shape index (κ1) is 20.1. The molecule has 1 aliphatic heterocycles. The van der Waals surface area contributed by atoms with Gasteiger partial charge in [-0.1, -0.05) is 0 Å². The fourth-order valence-electron chi connectivity index (χ4n) is 2.79. The minimum Gasteiger partial charge on any atom is -0.502 e. The molecule has 1 heterocycles. The van der Waals surface area contributed by atoms with Gasteiger partial charge in [0.25, 0.3) is 0 Å². The third-order valence-corrected chi connectivity index (χ3v) is 5.20. The smallest absolute Gasteiger partial charge is 0.310 e. The summed E-state index contributed by atoms with van der Waals surface area (Å²) in [4.78, 5) is 32.9. The maximum absolute atomic E-state index is 12.8. The molecule has 2 N–H and O–H groups in total. The highest BCUT2D eigenvalue weighted by atomic mass is 32.2. The van der Waals surface area contributed by atoms with Gasteiger partial charge in [0.1, 0.15) is 0 Å². The van der Waals surface area contributed by atoms with Crippen molar-refractivity contribution < 1.29 is 24.9 Å². The van der Waals surface area contributed by atoms with Gasteiger partial charge in [-0.05, 0) is 47.5 Å². The molecule has 1 saturated heterocycles. The summed E-state index contributed by atoms with van der Waals surface area (Å²) in [6, 6.07) is 7.65. The molecule has 10 heteroatoms. The summed E-state index contributed by atoms with van der Waals surface area (Å²) in [5, 5.41) is 41.1. The maximum atomic E-state index is 12.8. The van der Waals surface area contributed by atoms with Gasteiger partial charge in [-0.15, -0.1) is 0 Å². The molecule has 0 bridgehead atoms. The number of hydrogen-bond donors (Lipinski definition) is 2. The van der Waals surface area contributed by atoms with E-state index in [4.69, 9.17) is 0 Å². The Bertz CT molecular complexity index is 1010. The summed E-state index contributed by atoms with van der Waals surface area (Å²) in [7, 11) is 0. The van der Waals surface area contributed by atoms with Gasteiger partial charge in [-0.25, -0.2) is 0 Å². The van der Waals surface area contributed by atoms with Crippen molar-refractivity contribution in [3.8, 4) is 11.5 Å². The van der Waals surface area contributed by atoms with Crippen LogP contribution in [-0.2, 0) is 4.79 Å². The zero-order valence-corrected chi connectivity index (χ0v) is 15.6. The van der Waals surface area contributed by atoms with Crippen molar-refractivity contribution in [1.82, 2.24) is 0 Å². The number of hydrogen-bond acceptors (Lipinski definition) is 8. The first-order chi connectivity index (χ1) is 13.8. The Balaban J connectivity index is 1.88. The number of Topliss-reactive ketones (excluding diaryl/α,β-unsaturated/α-hetero) is 1. The molecule has 0 saturated carbocycles. The van der Waals surface area contributed by atoms with Crippen LogP contribution in [0.5, 0.6) is 11.5 Å². The molecule has 2 aromatic carbocycles. The standard InChI is InChI=1S/C19H14N2O7S/c22-17-7-11(1-3-15(17)20(25)26)5-13-9-29-10-14(19(13)24)6-12-2-4-16(21(27)28)18(23)8-12/h1-8,22-23H,9-10H2/b13-5+,14-6+. The Morgan fingerprint density at radius 1 is 0.828 bits per heavy atom. The molecule has 0 unspecified atom stereocenters. The largest absolute Gasteiger partial charge is 0.502 e. The Morgan fingerprint density at radius 2 is 1.24 bits per heavy atom. The maximum Gasteiger partial charge on any atom is 0.310 e. The highest BCUT2D eigenvalue weighted by molar-refractivity contribution is 7.99. The van der Waals surface area contributed by atoms with Gasteiger partial charge < -0.3 is 10.2 Å². The van der Waals surface area contributed by atoms with Crippen LogP contribution in [-0.4, -0.2) is 37.3 Å². The molecular formula is C19H14N2O7S. The molecule has 3 rings (SSSR count). The second-order valence-corrected chi connectivity index (χ2v) is 7.16. The van der Waals surface area contributed by atoms with Crippen LogP contribution in [0, 0.1) is 20.2 Å². The SMILES string of the molecule is O=C1/C(=C/c2ccc([N+](=O)[O-])c(O)c2)CSC/C1=C\c1ccc([N+](=O)[O-])c(O)c1. The second-order valence-electron chi connectivity index (χ2n) is 6.17. The van der Waals surface area contributed by atoms with Crippen LogP contribution >= 0.6 is 11.8 Å². The van der Waals surface area contributed by atoms with Crippen LogP contribution in [0.4, 0.5) is 11.4 Å². The minimum atomic E-state index is -0.700. The highest BCUT2D eigenvalue weighted by Gasteiger charge is 2.22. The Labute approximate surface area is 168 Å². The number of nitro benzene ring substituents is 2. The van der Waals surface area contributed by atoms with Crippen LogP contribution in [0.2, 0.25) is 0 Å². The predicted octanol–water partition coefficient (Wildman–Crippen LogP) is 3.70. The van der Waals surface area contributed by atoms with Gasteiger partial charge in [0.2, 0.25) is 0 Å². The molecular weight excluding hydrogens is 400 g/mol. The molecule has 0 atom stereocenters. The number of carbonyl (C=O) groups excluding carboxylic acids is 1. The van der Waals surface area contributed by atoms with E-state index in [1.165, 1.54) is 48.2 Å². The molecule has 29 heavy (non-hydrogen) atoms. The number of nitrogens with zero attached hydrogens (tertiary/aromatic N) is 2. The molecule has 0 spiro atoms. The number of carbonyl (C=O) groups is 1. The molecule has 1 fully saturated rings. The summed E-state index contributed by atoms with van der Waals surface area (Å²) < 4.78 is 0. The molecule has 2 aromatic rings. The van der Waals surface area contributed by atoms with E-state index in [0.29, 0.717) is 33.8 Å². The van der Waals surface area contributed by atoms with Crippen LogP contribution < -0.4 is 0 Å². The lowest BCUT2D eigenvalue weighted by Gasteiger charge is -2.16. The molecule has 0 aromatic heterocycles. The van der Waals surface area contributed by atoms with Gasteiger partial charge in [0, 0.05) is 34.8 Å². The monoisotopic (exact) mass is 414 g/mol. The molecule has 0 radical (unpaired) electrons. The van der Waals surface area contributed by atoms with Gasteiger partial charge >= 0.3 is 11.4 Å². The van der Waals surface area contributed by atoms with Crippen LogP contribution in [0.3, 0.4) is 0 Å². The summed E-state index contributed by atoms with van der Waals surface area (Å²) in [6.07, 6.45) is 3.11. The lowest BCUT2D eigenvalue weighted by Crippen LogP contribution is -2.16. The number of benzene rings is 2. The van der Waals surface area contributed by atoms with Crippen molar-refractivity contribution in [2.75, 3.05) is 11.5 Å². The average Bonchev–Trinajstić information content (AvgIpc) is 2.64. The van der Waals surface area contributed by atoms with Crippen molar-refractivity contribution in [3.05, 3.63) is 78.9 Å². The number of phenols is 2. The first-order valence-electron chi connectivity index (χ1n) is 8.24. The van der Waals surface area contributed by atoms with Crippen molar-refractivity contribution in [1.29, 1.82) is 0 Å². The minimum absolute atomic E-state index is 0.237. The Morgan fingerprint density at radius 3 is 1.59 bits per heavy atom. The van der Waals surface area contributed by atoms with Crippen LogP contribution in [0.1, 0.15) is 11.1 Å². The fourth-order valence-corrected chi connectivity index (χ4v) is 3.77. The third kappa shape index (κ3) is 4.43. The van der Waals surface area contributed by atoms with E-state index in [9.17, 15) is 35.2 Å². The number of phenolic OH excluding ortho intramolecular Hbond substituents is 2. The molecule has 9 nitrogen and oxygen atoms in total. The second kappa shape index (κ2) is 8.15. The number of ketones is 1. The zero-order valence-electron chi connectivity index (χ0n) is 14.8. The van der Waals surface area contributed by atoms with Crippen LogP contribution in [0.25, 0.3) is 12.2 Å². The van der Waals surface area contributed by atoms with Crippen molar-refractivity contribution in [2.24, 2.45) is 0 Å². The highest BCUT2D eigenvalue weighted by Crippen LogP contribution is 2.32. The third-order valence-electron chi connectivity index (χ3n) is 4.17. The molecule has 0 aliphatic carbocycles. The number of aromatic hydroxyl groups is 2. The van der Waals surface area contributed by atoms with Crippen LogP contribution in [0.15, 0.2) is 47.5 Å². The van der Waals surface area contributed by atoms with E-state index in [1.807, 2.05) is 0 Å².